The molecule has 1 saturated heterocycles. The lowest BCUT2D eigenvalue weighted by Gasteiger charge is -2.25. The van der Waals surface area contributed by atoms with Crippen molar-refractivity contribution in [1.29, 1.82) is 0 Å². The van der Waals surface area contributed by atoms with Crippen molar-refractivity contribution in [2.24, 2.45) is 0 Å². The number of amides is 1. The van der Waals surface area contributed by atoms with Crippen LogP contribution < -0.4 is 0 Å². The molecule has 1 aliphatic rings. The van der Waals surface area contributed by atoms with Crippen molar-refractivity contribution in [2.45, 2.75) is 38.5 Å². The fraction of sp³-hybridized carbons (Fsp3) is 0.800. The van der Waals surface area contributed by atoms with E-state index < -0.39 is 18.3 Å². The molecule has 0 aromatic heterocycles. The molecule has 0 radical (unpaired) electrons. The van der Waals surface area contributed by atoms with Gasteiger partial charge < -0.3 is 14.4 Å². The Hall–Kier alpha value is -0.750. The van der Waals surface area contributed by atoms with Gasteiger partial charge in [0, 0.05) is 19.8 Å². The fourth-order valence-corrected chi connectivity index (χ4v) is 2.81. The van der Waals surface area contributed by atoms with Crippen LogP contribution in [0.15, 0.2) is 0 Å². The van der Waals surface area contributed by atoms with Crippen LogP contribution in [0.4, 0.5) is 0 Å². The Labute approximate surface area is 99.5 Å². The summed E-state index contributed by atoms with van der Waals surface area (Å²) in [5.74, 6) is 0.0710. The molecule has 1 heterocycles. The molecule has 1 rings (SSSR count). The molecule has 0 spiro atoms. The first kappa shape index (κ1) is 13.3. The van der Waals surface area contributed by atoms with Gasteiger partial charge in [0.15, 0.2) is 6.29 Å². The van der Waals surface area contributed by atoms with E-state index >= 15 is 0 Å². The van der Waals surface area contributed by atoms with Gasteiger partial charge in [-0.3, -0.25) is 4.79 Å². The summed E-state index contributed by atoms with van der Waals surface area (Å²) in [5.41, 5.74) is 0. The molecule has 0 aliphatic carbocycles. The Kier molecular flexibility index (Phi) is 4.61. The van der Waals surface area contributed by atoms with Crippen LogP contribution in [-0.2, 0) is 19.1 Å². The molecule has 1 amide bonds. The van der Waals surface area contributed by atoms with Gasteiger partial charge in [0.05, 0.1) is 5.37 Å². The Morgan fingerprint density at radius 3 is 2.62 bits per heavy atom. The minimum Gasteiger partial charge on any atom is -0.435 e. The molecule has 3 unspecified atom stereocenters. The Balaban J connectivity index is 2.65. The van der Waals surface area contributed by atoms with Crippen LogP contribution in [-0.4, -0.2) is 47.3 Å². The van der Waals surface area contributed by atoms with Gasteiger partial charge in [-0.25, -0.2) is 4.79 Å². The van der Waals surface area contributed by atoms with Crippen LogP contribution in [0, 0.1) is 0 Å². The molecule has 5 nitrogen and oxygen atoms in total. The molecule has 1 fully saturated rings. The number of carbonyl (C=O) groups is 2. The molecule has 0 bridgehead atoms. The lowest BCUT2D eigenvalue weighted by Crippen LogP contribution is -2.45. The number of ether oxygens (including phenoxy) is 2. The molecule has 3 atom stereocenters. The molecule has 0 N–H and O–H groups in total. The molecule has 92 valence electrons. The summed E-state index contributed by atoms with van der Waals surface area (Å²) in [4.78, 5) is 24.7. The molecule has 0 aromatic carbocycles. The standard InChI is InChI=1S/C10H17NO4S/c1-6(12)11-7(2)16-5-9(11)10(13)15-8(3)14-4/h7-9H,5H2,1-4H3. The number of rotatable bonds is 3. The summed E-state index contributed by atoms with van der Waals surface area (Å²) in [6.07, 6.45) is -0.581. The lowest BCUT2D eigenvalue weighted by atomic mass is 10.3. The number of carbonyl (C=O) groups excluding carboxylic acids is 2. The largest absolute Gasteiger partial charge is 0.435 e. The highest BCUT2D eigenvalue weighted by Gasteiger charge is 2.39. The summed E-state index contributed by atoms with van der Waals surface area (Å²) < 4.78 is 9.89. The van der Waals surface area contributed by atoms with Gasteiger partial charge >= 0.3 is 5.97 Å². The minimum atomic E-state index is -0.581. The summed E-state index contributed by atoms with van der Waals surface area (Å²) >= 11 is 1.57. The third-order valence-electron chi connectivity index (χ3n) is 2.47. The first-order valence-electron chi connectivity index (χ1n) is 5.11. The van der Waals surface area contributed by atoms with Crippen LogP contribution in [0.2, 0.25) is 0 Å². The van der Waals surface area contributed by atoms with Crippen LogP contribution in [0.25, 0.3) is 0 Å². The predicted octanol–water partition coefficient (Wildman–Crippen LogP) is 0.832. The van der Waals surface area contributed by atoms with Crippen LogP contribution in [0.1, 0.15) is 20.8 Å². The topological polar surface area (TPSA) is 55.8 Å². The highest BCUT2D eigenvalue weighted by molar-refractivity contribution is 8.00. The zero-order chi connectivity index (χ0) is 12.3. The van der Waals surface area contributed by atoms with Crippen molar-refractivity contribution in [1.82, 2.24) is 4.90 Å². The van der Waals surface area contributed by atoms with E-state index in [4.69, 9.17) is 9.47 Å². The second-order valence-electron chi connectivity index (χ2n) is 3.61. The van der Waals surface area contributed by atoms with Crippen molar-refractivity contribution < 1.29 is 19.1 Å². The summed E-state index contributed by atoms with van der Waals surface area (Å²) in [7, 11) is 1.46. The molecule has 0 aromatic rings. The summed E-state index contributed by atoms with van der Waals surface area (Å²) in [5, 5.41) is 0.0212. The van der Waals surface area contributed by atoms with Crippen molar-refractivity contribution in [2.75, 3.05) is 12.9 Å². The number of nitrogens with zero attached hydrogens (tertiary/aromatic N) is 1. The van der Waals surface area contributed by atoms with Crippen molar-refractivity contribution in [3.05, 3.63) is 0 Å². The van der Waals surface area contributed by atoms with Crippen LogP contribution in [0.3, 0.4) is 0 Å². The van der Waals surface area contributed by atoms with E-state index in [1.54, 1.807) is 23.6 Å². The zero-order valence-electron chi connectivity index (χ0n) is 9.93. The number of hydrogen-bond acceptors (Lipinski definition) is 5. The van der Waals surface area contributed by atoms with Crippen LogP contribution >= 0.6 is 11.8 Å². The summed E-state index contributed by atoms with van der Waals surface area (Å²) in [6.45, 7) is 5.00. The van der Waals surface area contributed by atoms with E-state index in [1.165, 1.54) is 14.0 Å². The Bertz CT molecular complexity index is 284. The maximum absolute atomic E-state index is 11.8. The zero-order valence-corrected chi connectivity index (χ0v) is 10.7. The normalized spacial score (nSPS) is 26.6. The molecular formula is C10H17NO4S. The quantitative estimate of drug-likeness (QED) is 0.546. The second kappa shape index (κ2) is 5.54. The maximum atomic E-state index is 11.8. The Morgan fingerprint density at radius 2 is 2.12 bits per heavy atom. The lowest BCUT2D eigenvalue weighted by molar-refractivity contribution is -0.176. The number of esters is 1. The van der Waals surface area contributed by atoms with E-state index in [-0.39, 0.29) is 11.3 Å². The molecule has 0 saturated carbocycles. The monoisotopic (exact) mass is 247 g/mol. The molecule has 1 aliphatic heterocycles. The van der Waals surface area contributed by atoms with E-state index in [0.717, 1.165) is 0 Å². The predicted molar refractivity (Wildman–Crippen MR) is 60.8 cm³/mol. The van der Waals surface area contributed by atoms with E-state index in [0.29, 0.717) is 5.75 Å². The second-order valence-corrected chi connectivity index (χ2v) is 4.96. The third-order valence-corrected chi connectivity index (χ3v) is 3.69. The maximum Gasteiger partial charge on any atom is 0.332 e. The number of hydrogen-bond donors (Lipinski definition) is 0. The van der Waals surface area contributed by atoms with E-state index in [2.05, 4.69) is 0 Å². The minimum absolute atomic E-state index is 0.0212. The average Bonchev–Trinajstić information content (AvgIpc) is 2.59. The first-order valence-corrected chi connectivity index (χ1v) is 6.16. The van der Waals surface area contributed by atoms with Gasteiger partial charge in [0.25, 0.3) is 0 Å². The van der Waals surface area contributed by atoms with Crippen LogP contribution in [0.5, 0.6) is 0 Å². The smallest absolute Gasteiger partial charge is 0.332 e. The van der Waals surface area contributed by atoms with Gasteiger partial charge in [0.2, 0.25) is 5.91 Å². The highest BCUT2D eigenvalue weighted by Crippen LogP contribution is 2.29. The number of methoxy groups -OCH3 is 1. The average molecular weight is 247 g/mol. The van der Waals surface area contributed by atoms with E-state index in [1.807, 2.05) is 6.92 Å². The van der Waals surface area contributed by atoms with Crippen molar-refractivity contribution >= 4 is 23.6 Å². The first-order chi connectivity index (χ1) is 7.47. The molecule has 6 heteroatoms. The molecule has 16 heavy (non-hydrogen) atoms. The highest BCUT2D eigenvalue weighted by atomic mass is 32.2. The third kappa shape index (κ3) is 2.89. The van der Waals surface area contributed by atoms with E-state index in [9.17, 15) is 9.59 Å². The SMILES string of the molecule is COC(C)OC(=O)C1CSC(C)N1C(C)=O. The van der Waals surface area contributed by atoms with Gasteiger partial charge in [-0.05, 0) is 13.8 Å². The van der Waals surface area contributed by atoms with Crippen molar-refractivity contribution in [3.63, 3.8) is 0 Å². The fourth-order valence-electron chi connectivity index (χ4n) is 1.59. The van der Waals surface area contributed by atoms with Gasteiger partial charge in [-0.15, -0.1) is 11.8 Å². The van der Waals surface area contributed by atoms with Gasteiger partial charge in [-0.1, -0.05) is 0 Å². The van der Waals surface area contributed by atoms with Gasteiger partial charge in [0.1, 0.15) is 6.04 Å². The Morgan fingerprint density at radius 1 is 1.50 bits per heavy atom. The molecular weight excluding hydrogens is 230 g/mol. The summed E-state index contributed by atoms with van der Waals surface area (Å²) in [6, 6.07) is -0.491. The number of thioether (sulfide) groups is 1. The van der Waals surface area contributed by atoms with Gasteiger partial charge in [-0.2, -0.15) is 0 Å². The van der Waals surface area contributed by atoms with Crippen molar-refractivity contribution in [3.8, 4) is 0 Å².